The predicted molar refractivity (Wildman–Crippen MR) is 128 cm³/mol. The first-order chi connectivity index (χ1) is 15.6. The molecule has 0 unspecified atom stereocenters. The van der Waals surface area contributed by atoms with Crippen LogP contribution in [-0.4, -0.2) is 27.5 Å². The van der Waals surface area contributed by atoms with Gasteiger partial charge in [-0.1, -0.05) is 72.4 Å². The number of carbonyl (C=O) groups excluding carboxylic acids is 2. The van der Waals surface area contributed by atoms with Crippen molar-refractivity contribution in [3.63, 3.8) is 0 Å². The Bertz CT molecular complexity index is 1240. The van der Waals surface area contributed by atoms with E-state index >= 15 is 0 Å². The molecule has 0 fully saturated rings. The van der Waals surface area contributed by atoms with Crippen LogP contribution in [0.3, 0.4) is 0 Å². The molecule has 0 radical (unpaired) electrons. The SMILES string of the molecule is C[C@@H](NC(=O)c1ccccc1NC(=O)CSc1ncnc2ccccc12)c1ccccc1. The van der Waals surface area contributed by atoms with Gasteiger partial charge in [0, 0.05) is 5.39 Å². The summed E-state index contributed by atoms with van der Waals surface area (Å²) in [4.78, 5) is 34.0. The van der Waals surface area contributed by atoms with E-state index in [1.165, 1.54) is 18.1 Å². The fourth-order valence-corrected chi connectivity index (χ4v) is 4.09. The Morgan fingerprint density at radius 1 is 0.906 bits per heavy atom. The first-order valence-corrected chi connectivity index (χ1v) is 11.2. The number of amides is 2. The Hall–Kier alpha value is -3.71. The van der Waals surface area contributed by atoms with Crippen molar-refractivity contribution in [1.29, 1.82) is 0 Å². The van der Waals surface area contributed by atoms with Crippen molar-refractivity contribution in [2.75, 3.05) is 11.1 Å². The average molecular weight is 443 g/mol. The summed E-state index contributed by atoms with van der Waals surface area (Å²) in [5.41, 5.74) is 2.74. The Morgan fingerprint density at radius 2 is 1.62 bits per heavy atom. The highest BCUT2D eigenvalue weighted by molar-refractivity contribution is 8.00. The normalized spacial score (nSPS) is 11.7. The summed E-state index contributed by atoms with van der Waals surface area (Å²) in [5, 5.41) is 7.50. The molecule has 0 aliphatic carbocycles. The molecular weight excluding hydrogens is 420 g/mol. The minimum Gasteiger partial charge on any atom is -0.345 e. The van der Waals surface area contributed by atoms with Gasteiger partial charge >= 0.3 is 0 Å². The fourth-order valence-electron chi connectivity index (χ4n) is 3.30. The third-order valence-electron chi connectivity index (χ3n) is 4.94. The molecule has 0 saturated carbocycles. The molecule has 6 nitrogen and oxygen atoms in total. The number of fused-ring (bicyclic) bond motifs is 1. The summed E-state index contributed by atoms with van der Waals surface area (Å²) in [5.74, 6) is -0.294. The van der Waals surface area contributed by atoms with E-state index in [1.807, 2.05) is 61.5 Å². The molecule has 3 aromatic carbocycles. The van der Waals surface area contributed by atoms with Crippen LogP contribution in [0.5, 0.6) is 0 Å². The van der Waals surface area contributed by atoms with E-state index in [2.05, 4.69) is 20.6 Å². The highest BCUT2D eigenvalue weighted by Gasteiger charge is 2.16. The van der Waals surface area contributed by atoms with Gasteiger partial charge in [-0.05, 0) is 30.7 Å². The zero-order valence-electron chi connectivity index (χ0n) is 17.5. The first kappa shape index (κ1) is 21.5. The topological polar surface area (TPSA) is 84.0 Å². The van der Waals surface area contributed by atoms with E-state index in [4.69, 9.17) is 0 Å². The van der Waals surface area contributed by atoms with Crippen molar-refractivity contribution in [3.8, 4) is 0 Å². The predicted octanol–water partition coefficient (Wildman–Crippen LogP) is 4.85. The molecule has 160 valence electrons. The molecule has 4 aromatic rings. The number of nitrogens with zero attached hydrogens (tertiary/aromatic N) is 2. The molecule has 0 aliphatic rings. The number of thioether (sulfide) groups is 1. The van der Waals surface area contributed by atoms with E-state index in [0.29, 0.717) is 11.3 Å². The summed E-state index contributed by atoms with van der Waals surface area (Å²) < 4.78 is 0. The molecule has 2 amide bonds. The van der Waals surface area contributed by atoms with Crippen LogP contribution in [0.4, 0.5) is 5.69 Å². The number of carbonyl (C=O) groups is 2. The van der Waals surface area contributed by atoms with Gasteiger partial charge in [0.25, 0.3) is 5.91 Å². The molecule has 32 heavy (non-hydrogen) atoms. The second-order valence-corrected chi connectivity index (χ2v) is 8.15. The highest BCUT2D eigenvalue weighted by atomic mass is 32.2. The van der Waals surface area contributed by atoms with Crippen molar-refractivity contribution in [2.24, 2.45) is 0 Å². The molecule has 1 heterocycles. The van der Waals surface area contributed by atoms with Crippen molar-refractivity contribution in [2.45, 2.75) is 18.0 Å². The quantitative estimate of drug-likeness (QED) is 0.316. The van der Waals surface area contributed by atoms with E-state index in [-0.39, 0.29) is 23.6 Å². The number of aromatic nitrogens is 2. The molecule has 2 N–H and O–H groups in total. The second kappa shape index (κ2) is 10.1. The van der Waals surface area contributed by atoms with Crippen molar-refractivity contribution < 1.29 is 9.59 Å². The summed E-state index contributed by atoms with van der Waals surface area (Å²) in [7, 11) is 0. The van der Waals surface area contributed by atoms with Crippen LogP contribution < -0.4 is 10.6 Å². The minimum absolute atomic E-state index is 0.158. The van der Waals surface area contributed by atoms with Gasteiger partial charge in [-0.3, -0.25) is 9.59 Å². The summed E-state index contributed by atoms with van der Waals surface area (Å²) >= 11 is 1.34. The van der Waals surface area contributed by atoms with Crippen molar-refractivity contribution >= 4 is 40.2 Å². The van der Waals surface area contributed by atoms with Crippen LogP contribution in [-0.2, 0) is 4.79 Å². The van der Waals surface area contributed by atoms with Gasteiger partial charge in [-0.2, -0.15) is 0 Å². The number of hydrogen-bond acceptors (Lipinski definition) is 5. The summed E-state index contributed by atoms with van der Waals surface area (Å²) in [6.07, 6.45) is 1.50. The lowest BCUT2D eigenvalue weighted by molar-refractivity contribution is -0.113. The fraction of sp³-hybridized carbons (Fsp3) is 0.120. The van der Waals surface area contributed by atoms with Crippen molar-refractivity contribution in [3.05, 3.63) is 96.3 Å². The minimum atomic E-state index is -0.244. The Balaban J connectivity index is 1.42. The second-order valence-electron chi connectivity index (χ2n) is 7.18. The van der Waals surface area contributed by atoms with Crippen LogP contribution in [0.25, 0.3) is 10.9 Å². The zero-order valence-corrected chi connectivity index (χ0v) is 18.3. The summed E-state index contributed by atoms with van der Waals surface area (Å²) in [6, 6.07) is 24.2. The van der Waals surface area contributed by atoms with Crippen LogP contribution in [0, 0.1) is 0 Å². The molecule has 4 rings (SSSR count). The van der Waals surface area contributed by atoms with Gasteiger partial charge in [0.05, 0.1) is 28.6 Å². The Labute approximate surface area is 190 Å². The maximum atomic E-state index is 12.9. The molecule has 0 bridgehead atoms. The third-order valence-corrected chi connectivity index (χ3v) is 5.94. The van der Waals surface area contributed by atoms with E-state index < -0.39 is 0 Å². The number of hydrogen-bond donors (Lipinski definition) is 2. The molecule has 0 aliphatic heterocycles. The van der Waals surface area contributed by atoms with E-state index in [1.54, 1.807) is 24.3 Å². The number of rotatable bonds is 7. The van der Waals surface area contributed by atoms with Gasteiger partial charge in [0.1, 0.15) is 11.4 Å². The lowest BCUT2D eigenvalue weighted by atomic mass is 10.1. The number of para-hydroxylation sites is 2. The molecule has 0 spiro atoms. The van der Waals surface area contributed by atoms with Gasteiger partial charge in [-0.25, -0.2) is 9.97 Å². The highest BCUT2D eigenvalue weighted by Crippen LogP contribution is 2.25. The molecule has 1 aromatic heterocycles. The van der Waals surface area contributed by atoms with Gasteiger partial charge in [0.2, 0.25) is 5.91 Å². The Kier molecular flexibility index (Phi) is 6.77. The van der Waals surface area contributed by atoms with Crippen molar-refractivity contribution in [1.82, 2.24) is 15.3 Å². The van der Waals surface area contributed by atoms with Gasteiger partial charge in [-0.15, -0.1) is 0 Å². The van der Waals surface area contributed by atoms with E-state index in [9.17, 15) is 9.59 Å². The smallest absolute Gasteiger partial charge is 0.253 e. The lowest BCUT2D eigenvalue weighted by Gasteiger charge is -2.16. The summed E-state index contributed by atoms with van der Waals surface area (Å²) in [6.45, 7) is 1.93. The molecule has 1 atom stereocenters. The van der Waals surface area contributed by atoms with Crippen LogP contribution in [0.15, 0.2) is 90.2 Å². The van der Waals surface area contributed by atoms with Gasteiger partial charge < -0.3 is 10.6 Å². The number of anilines is 1. The standard InChI is InChI=1S/C25H22N4O2S/c1-17(18-9-3-2-4-10-18)28-24(31)19-11-5-8-14-22(19)29-23(30)15-32-25-20-12-6-7-13-21(20)26-16-27-25/h2-14,16-17H,15H2,1H3,(H,28,31)(H,29,30)/t17-/m1/s1. The Morgan fingerprint density at radius 3 is 2.47 bits per heavy atom. The first-order valence-electron chi connectivity index (χ1n) is 10.2. The van der Waals surface area contributed by atoms with Crippen LogP contribution in [0.1, 0.15) is 28.9 Å². The average Bonchev–Trinajstić information content (AvgIpc) is 2.83. The largest absolute Gasteiger partial charge is 0.345 e. The molecule has 7 heteroatoms. The van der Waals surface area contributed by atoms with E-state index in [0.717, 1.165) is 21.5 Å². The van der Waals surface area contributed by atoms with Crippen LogP contribution >= 0.6 is 11.8 Å². The maximum absolute atomic E-state index is 12.9. The lowest BCUT2D eigenvalue weighted by Crippen LogP contribution is -2.28. The molecule has 0 saturated heterocycles. The third kappa shape index (κ3) is 5.12. The number of benzene rings is 3. The van der Waals surface area contributed by atoms with Gasteiger partial charge in [0.15, 0.2) is 0 Å². The number of nitrogens with one attached hydrogen (secondary N) is 2. The maximum Gasteiger partial charge on any atom is 0.253 e. The zero-order chi connectivity index (χ0) is 22.3. The van der Waals surface area contributed by atoms with Crippen LogP contribution in [0.2, 0.25) is 0 Å². The molecular formula is C25H22N4O2S. The monoisotopic (exact) mass is 442 g/mol.